The maximum absolute atomic E-state index is 10.6. The summed E-state index contributed by atoms with van der Waals surface area (Å²) in [5.41, 5.74) is 4.86. The fourth-order valence-corrected chi connectivity index (χ4v) is 0.780. The van der Waals surface area contributed by atoms with Crippen LogP contribution in [0.3, 0.4) is 0 Å². The molecule has 6 heteroatoms. The van der Waals surface area contributed by atoms with Gasteiger partial charge in [-0.15, -0.1) is 0 Å². The van der Waals surface area contributed by atoms with E-state index in [2.05, 4.69) is 5.32 Å². The average Bonchev–Trinajstić information content (AvgIpc) is 1.85. The summed E-state index contributed by atoms with van der Waals surface area (Å²) in [6, 6.07) is -1.54. The standard InChI is InChI=1S/C5H7N3O3/c6-4(10)2-1-3(9)8-5(11)7-2/h2H,1H2,(H2,6,10)(H2,7,8,9,11)/t2-/m0/s1. The van der Waals surface area contributed by atoms with Crippen LogP contribution in [0, 0.1) is 0 Å². The van der Waals surface area contributed by atoms with Gasteiger partial charge >= 0.3 is 6.03 Å². The SMILES string of the molecule is NC(=O)[C@@H]1CC(=O)NC(=O)N1. The number of primary amides is 1. The highest BCUT2D eigenvalue weighted by atomic mass is 16.2. The molecule has 0 aliphatic carbocycles. The lowest BCUT2D eigenvalue weighted by Crippen LogP contribution is -2.56. The third-order valence-electron chi connectivity index (χ3n) is 1.29. The van der Waals surface area contributed by atoms with Crippen molar-refractivity contribution in [2.24, 2.45) is 5.73 Å². The Hall–Kier alpha value is -1.59. The van der Waals surface area contributed by atoms with E-state index in [1.165, 1.54) is 0 Å². The van der Waals surface area contributed by atoms with Crippen molar-refractivity contribution in [3.63, 3.8) is 0 Å². The quantitative estimate of drug-likeness (QED) is 0.413. The van der Waals surface area contributed by atoms with Crippen LogP contribution in [0.15, 0.2) is 0 Å². The third-order valence-corrected chi connectivity index (χ3v) is 1.29. The number of nitrogens with one attached hydrogen (secondary N) is 2. The number of carbonyl (C=O) groups excluding carboxylic acids is 3. The molecule has 6 nitrogen and oxygen atoms in total. The van der Waals surface area contributed by atoms with Gasteiger partial charge in [-0.05, 0) is 0 Å². The Kier molecular flexibility index (Phi) is 1.75. The highest BCUT2D eigenvalue weighted by molar-refractivity contribution is 6.02. The minimum absolute atomic E-state index is 0.0823. The first-order valence-corrected chi connectivity index (χ1v) is 2.99. The number of carbonyl (C=O) groups is 3. The van der Waals surface area contributed by atoms with Crippen LogP contribution in [-0.2, 0) is 9.59 Å². The van der Waals surface area contributed by atoms with Crippen LogP contribution in [0.2, 0.25) is 0 Å². The number of hydrogen-bond acceptors (Lipinski definition) is 3. The molecule has 1 aliphatic rings. The largest absolute Gasteiger partial charge is 0.368 e. The van der Waals surface area contributed by atoms with Crippen molar-refractivity contribution in [1.29, 1.82) is 0 Å². The zero-order valence-electron chi connectivity index (χ0n) is 5.59. The number of hydrogen-bond donors (Lipinski definition) is 3. The summed E-state index contributed by atoms with van der Waals surface area (Å²) >= 11 is 0. The topological polar surface area (TPSA) is 101 Å². The fraction of sp³-hybridized carbons (Fsp3) is 0.400. The van der Waals surface area contributed by atoms with Crippen molar-refractivity contribution < 1.29 is 14.4 Å². The first kappa shape index (κ1) is 7.52. The van der Waals surface area contributed by atoms with E-state index in [1.54, 1.807) is 0 Å². The van der Waals surface area contributed by atoms with Crippen molar-refractivity contribution in [3.8, 4) is 0 Å². The predicted octanol–water partition coefficient (Wildman–Crippen LogP) is -1.93. The van der Waals surface area contributed by atoms with Gasteiger partial charge in [0.05, 0.1) is 6.42 Å². The Labute approximate surface area is 62.1 Å². The van der Waals surface area contributed by atoms with E-state index in [0.717, 1.165) is 0 Å². The van der Waals surface area contributed by atoms with Crippen LogP contribution in [0.25, 0.3) is 0 Å². The molecule has 0 saturated carbocycles. The molecule has 1 fully saturated rings. The van der Waals surface area contributed by atoms with Crippen LogP contribution >= 0.6 is 0 Å². The predicted molar refractivity (Wildman–Crippen MR) is 34.3 cm³/mol. The number of nitrogens with two attached hydrogens (primary N) is 1. The van der Waals surface area contributed by atoms with Gasteiger partial charge in [0.2, 0.25) is 11.8 Å². The molecule has 0 unspecified atom stereocenters. The van der Waals surface area contributed by atoms with Gasteiger partial charge in [0.25, 0.3) is 0 Å². The van der Waals surface area contributed by atoms with E-state index in [9.17, 15) is 14.4 Å². The second-order valence-corrected chi connectivity index (χ2v) is 2.18. The Balaban J connectivity index is 2.63. The van der Waals surface area contributed by atoms with Crippen molar-refractivity contribution >= 4 is 17.8 Å². The zero-order valence-corrected chi connectivity index (χ0v) is 5.59. The molecule has 0 aromatic heterocycles. The minimum atomic E-state index is -0.865. The highest BCUT2D eigenvalue weighted by Crippen LogP contribution is 1.95. The molecule has 4 amide bonds. The van der Waals surface area contributed by atoms with Gasteiger partial charge in [-0.3, -0.25) is 14.9 Å². The normalized spacial score (nSPS) is 23.8. The molecule has 0 aromatic carbocycles. The van der Waals surface area contributed by atoms with Crippen molar-refractivity contribution in [2.45, 2.75) is 12.5 Å². The molecule has 0 aromatic rings. The van der Waals surface area contributed by atoms with Gasteiger partial charge in [-0.25, -0.2) is 4.79 Å². The van der Waals surface area contributed by atoms with Crippen molar-refractivity contribution in [1.82, 2.24) is 10.6 Å². The van der Waals surface area contributed by atoms with E-state index in [0.29, 0.717) is 0 Å². The number of rotatable bonds is 1. The van der Waals surface area contributed by atoms with Gasteiger partial charge in [0.1, 0.15) is 6.04 Å². The van der Waals surface area contributed by atoms with Crippen LogP contribution in [-0.4, -0.2) is 23.9 Å². The molecule has 4 N–H and O–H groups in total. The second-order valence-electron chi connectivity index (χ2n) is 2.18. The first-order chi connectivity index (χ1) is 5.09. The van der Waals surface area contributed by atoms with E-state index >= 15 is 0 Å². The lowest BCUT2D eigenvalue weighted by atomic mass is 10.1. The summed E-state index contributed by atoms with van der Waals surface area (Å²) < 4.78 is 0. The van der Waals surface area contributed by atoms with Crippen molar-refractivity contribution in [3.05, 3.63) is 0 Å². The van der Waals surface area contributed by atoms with Crippen LogP contribution in [0.1, 0.15) is 6.42 Å². The van der Waals surface area contributed by atoms with Gasteiger partial charge in [-0.2, -0.15) is 0 Å². The smallest absolute Gasteiger partial charge is 0.322 e. The fourth-order valence-electron chi connectivity index (χ4n) is 0.780. The van der Waals surface area contributed by atoms with E-state index in [1.807, 2.05) is 5.32 Å². The monoisotopic (exact) mass is 157 g/mol. The summed E-state index contributed by atoms with van der Waals surface area (Å²) in [5.74, 6) is -1.19. The van der Waals surface area contributed by atoms with E-state index < -0.39 is 23.9 Å². The summed E-state index contributed by atoms with van der Waals surface area (Å²) in [6.07, 6.45) is -0.0823. The first-order valence-electron chi connectivity index (χ1n) is 2.99. The summed E-state index contributed by atoms with van der Waals surface area (Å²) in [7, 11) is 0. The number of imide groups is 1. The Bertz CT molecular complexity index is 209. The lowest BCUT2D eigenvalue weighted by Gasteiger charge is -2.19. The molecule has 1 saturated heterocycles. The average molecular weight is 157 g/mol. The molecule has 11 heavy (non-hydrogen) atoms. The van der Waals surface area contributed by atoms with Gasteiger partial charge in [0.15, 0.2) is 0 Å². The van der Waals surface area contributed by atoms with Crippen molar-refractivity contribution in [2.75, 3.05) is 0 Å². The Morgan fingerprint density at radius 2 is 2.18 bits per heavy atom. The molecular formula is C5H7N3O3. The Morgan fingerprint density at radius 3 is 2.64 bits per heavy atom. The summed E-state index contributed by atoms with van der Waals surface area (Å²) in [6.45, 7) is 0. The summed E-state index contributed by atoms with van der Waals surface area (Å²) in [4.78, 5) is 31.6. The Morgan fingerprint density at radius 1 is 1.55 bits per heavy atom. The van der Waals surface area contributed by atoms with Gasteiger partial charge in [0, 0.05) is 0 Å². The summed E-state index contributed by atoms with van der Waals surface area (Å²) in [5, 5.41) is 4.17. The van der Waals surface area contributed by atoms with Gasteiger partial charge in [-0.1, -0.05) is 0 Å². The number of amides is 4. The highest BCUT2D eigenvalue weighted by Gasteiger charge is 2.27. The molecule has 0 radical (unpaired) electrons. The molecule has 0 spiro atoms. The van der Waals surface area contributed by atoms with Crippen LogP contribution < -0.4 is 16.4 Å². The molecule has 1 heterocycles. The van der Waals surface area contributed by atoms with E-state index in [4.69, 9.17) is 5.73 Å². The second kappa shape index (κ2) is 2.57. The molecule has 0 bridgehead atoms. The lowest BCUT2D eigenvalue weighted by molar-refractivity contribution is -0.127. The number of urea groups is 1. The third kappa shape index (κ3) is 1.66. The molecule has 1 rings (SSSR count). The van der Waals surface area contributed by atoms with Crippen LogP contribution in [0.4, 0.5) is 4.79 Å². The zero-order chi connectivity index (χ0) is 8.43. The van der Waals surface area contributed by atoms with Crippen LogP contribution in [0.5, 0.6) is 0 Å². The molecule has 60 valence electrons. The molecular weight excluding hydrogens is 150 g/mol. The van der Waals surface area contributed by atoms with Gasteiger partial charge < -0.3 is 11.1 Å². The van der Waals surface area contributed by atoms with E-state index in [-0.39, 0.29) is 6.42 Å². The maximum Gasteiger partial charge on any atom is 0.322 e. The maximum atomic E-state index is 10.6. The minimum Gasteiger partial charge on any atom is -0.368 e. The molecule has 1 atom stereocenters. The molecule has 1 aliphatic heterocycles.